The van der Waals surface area contributed by atoms with Gasteiger partial charge in [0.2, 0.25) is 5.95 Å². The van der Waals surface area contributed by atoms with Crippen molar-refractivity contribution >= 4 is 11.9 Å². The van der Waals surface area contributed by atoms with Gasteiger partial charge in [0.1, 0.15) is 0 Å². The molecule has 2 heterocycles. The van der Waals surface area contributed by atoms with Crippen LogP contribution in [0.5, 0.6) is 0 Å². The SMILES string of the molecule is CC(C)(CNc1ncc(-c2ccc[nH]2)cn1)C(=O)O. The maximum absolute atomic E-state index is 11.0. The van der Waals surface area contributed by atoms with Gasteiger partial charge in [-0.25, -0.2) is 9.97 Å². The van der Waals surface area contributed by atoms with Gasteiger partial charge in [-0.1, -0.05) is 0 Å². The van der Waals surface area contributed by atoms with E-state index in [1.165, 1.54) is 0 Å². The third-order valence-corrected chi connectivity index (χ3v) is 2.83. The minimum atomic E-state index is -0.860. The van der Waals surface area contributed by atoms with Crippen LogP contribution in [0.4, 0.5) is 5.95 Å². The number of aromatic nitrogens is 3. The summed E-state index contributed by atoms with van der Waals surface area (Å²) in [5.74, 6) is -0.437. The van der Waals surface area contributed by atoms with E-state index >= 15 is 0 Å². The highest BCUT2D eigenvalue weighted by Gasteiger charge is 2.26. The molecule has 0 aromatic carbocycles. The lowest BCUT2D eigenvalue weighted by Crippen LogP contribution is -2.32. The van der Waals surface area contributed by atoms with Crippen LogP contribution in [-0.4, -0.2) is 32.6 Å². The summed E-state index contributed by atoms with van der Waals surface area (Å²) in [5.41, 5.74) is 0.965. The minimum absolute atomic E-state index is 0.268. The van der Waals surface area contributed by atoms with Crippen LogP contribution < -0.4 is 5.32 Å². The second-order valence-electron chi connectivity index (χ2n) is 4.92. The Bertz CT molecular complexity index is 547. The van der Waals surface area contributed by atoms with E-state index in [1.54, 1.807) is 26.2 Å². The van der Waals surface area contributed by atoms with E-state index in [1.807, 2.05) is 18.3 Å². The summed E-state index contributed by atoms with van der Waals surface area (Å²) in [4.78, 5) is 22.4. The molecule has 6 heteroatoms. The van der Waals surface area contributed by atoms with Crippen molar-refractivity contribution in [2.45, 2.75) is 13.8 Å². The number of hydrogen-bond acceptors (Lipinski definition) is 4. The van der Waals surface area contributed by atoms with Gasteiger partial charge in [0.25, 0.3) is 0 Å². The first-order valence-corrected chi connectivity index (χ1v) is 5.92. The summed E-state index contributed by atoms with van der Waals surface area (Å²) >= 11 is 0. The lowest BCUT2D eigenvalue weighted by Gasteiger charge is -2.19. The Morgan fingerprint density at radius 2 is 2.11 bits per heavy atom. The van der Waals surface area contributed by atoms with Crippen LogP contribution in [-0.2, 0) is 4.79 Å². The highest BCUT2D eigenvalue weighted by atomic mass is 16.4. The number of hydrogen-bond donors (Lipinski definition) is 3. The largest absolute Gasteiger partial charge is 0.481 e. The number of H-pyrrole nitrogens is 1. The normalized spacial score (nSPS) is 11.3. The molecule has 3 N–H and O–H groups in total. The Kier molecular flexibility index (Phi) is 3.50. The molecule has 0 radical (unpaired) electrons. The van der Waals surface area contributed by atoms with Crippen molar-refractivity contribution < 1.29 is 9.90 Å². The summed E-state index contributed by atoms with van der Waals surface area (Å²) in [5, 5.41) is 11.9. The Balaban J connectivity index is 2.02. The molecule has 6 nitrogen and oxygen atoms in total. The van der Waals surface area contributed by atoms with Crippen molar-refractivity contribution in [3.63, 3.8) is 0 Å². The van der Waals surface area contributed by atoms with Crippen LogP contribution in [0, 0.1) is 5.41 Å². The summed E-state index contributed by atoms with van der Waals surface area (Å²) in [6.45, 7) is 3.56. The van der Waals surface area contributed by atoms with Gasteiger partial charge < -0.3 is 15.4 Å². The van der Waals surface area contributed by atoms with E-state index in [9.17, 15) is 4.79 Å². The van der Waals surface area contributed by atoms with Crippen LogP contribution in [0.15, 0.2) is 30.7 Å². The molecule has 0 amide bonds. The molecule has 0 saturated carbocycles. The second-order valence-corrected chi connectivity index (χ2v) is 4.92. The van der Waals surface area contributed by atoms with Gasteiger partial charge in [-0.2, -0.15) is 0 Å². The van der Waals surface area contributed by atoms with Crippen LogP contribution in [0.25, 0.3) is 11.3 Å². The lowest BCUT2D eigenvalue weighted by atomic mass is 9.94. The van der Waals surface area contributed by atoms with Crippen LogP contribution >= 0.6 is 0 Å². The van der Waals surface area contributed by atoms with Crippen molar-refractivity contribution in [2.75, 3.05) is 11.9 Å². The summed E-state index contributed by atoms with van der Waals surface area (Å²) in [6, 6.07) is 3.83. The van der Waals surface area contributed by atoms with Crippen molar-refractivity contribution in [1.82, 2.24) is 15.0 Å². The van der Waals surface area contributed by atoms with E-state index in [0.717, 1.165) is 11.3 Å². The zero-order chi connectivity index (χ0) is 13.9. The molecule has 0 aliphatic rings. The molecule has 100 valence electrons. The molecule has 19 heavy (non-hydrogen) atoms. The quantitative estimate of drug-likeness (QED) is 0.764. The lowest BCUT2D eigenvalue weighted by molar-refractivity contribution is -0.146. The smallest absolute Gasteiger partial charge is 0.310 e. The first-order chi connectivity index (χ1) is 8.99. The molecule has 0 unspecified atom stereocenters. The molecule has 0 saturated heterocycles. The monoisotopic (exact) mass is 260 g/mol. The maximum Gasteiger partial charge on any atom is 0.310 e. The Morgan fingerprint density at radius 3 is 2.63 bits per heavy atom. The van der Waals surface area contributed by atoms with Gasteiger partial charge in [0.15, 0.2) is 0 Å². The molecule has 0 bridgehead atoms. The number of carboxylic acids is 1. The van der Waals surface area contributed by atoms with Crippen LogP contribution in [0.1, 0.15) is 13.8 Å². The summed E-state index contributed by atoms with van der Waals surface area (Å²) in [6.07, 6.45) is 5.21. The number of nitrogens with zero attached hydrogens (tertiary/aromatic N) is 2. The number of aliphatic carboxylic acids is 1. The van der Waals surface area contributed by atoms with Crippen molar-refractivity contribution in [3.8, 4) is 11.3 Å². The molecule has 0 spiro atoms. The average Bonchev–Trinajstić information content (AvgIpc) is 2.91. The van der Waals surface area contributed by atoms with Crippen molar-refractivity contribution in [2.24, 2.45) is 5.41 Å². The fraction of sp³-hybridized carbons (Fsp3) is 0.308. The van der Waals surface area contributed by atoms with Crippen molar-refractivity contribution in [1.29, 1.82) is 0 Å². The van der Waals surface area contributed by atoms with Crippen LogP contribution in [0.3, 0.4) is 0 Å². The molecule has 0 aliphatic heterocycles. The predicted molar refractivity (Wildman–Crippen MR) is 71.7 cm³/mol. The zero-order valence-electron chi connectivity index (χ0n) is 10.8. The van der Waals surface area contributed by atoms with Crippen LogP contribution in [0.2, 0.25) is 0 Å². The summed E-state index contributed by atoms with van der Waals surface area (Å²) in [7, 11) is 0. The van der Waals surface area contributed by atoms with Gasteiger partial charge in [-0.05, 0) is 26.0 Å². The molecule has 0 atom stereocenters. The number of rotatable bonds is 5. The number of carboxylic acid groups (broad SMARTS) is 1. The Morgan fingerprint density at radius 1 is 1.42 bits per heavy atom. The third kappa shape index (κ3) is 3.09. The summed E-state index contributed by atoms with van der Waals surface area (Å²) < 4.78 is 0. The predicted octanol–water partition coefficient (Wildman–Crippen LogP) is 1.99. The Labute approximate surface area is 110 Å². The van der Waals surface area contributed by atoms with Gasteiger partial charge >= 0.3 is 5.97 Å². The van der Waals surface area contributed by atoms with Gasteiger partial charge in [-0.15, -0.1) is 0 Å². The number of carbonyl (C=O) groups is 1. The molecule has 0 aliphatic carbocycles. The molecular formula is C13H16N4O2. The molecule has 2 rings (SSSR count). The highest BCUT2D eigenvalue weighted by molar-refractivity contribution is 5.74. The molecular weight excluding hydrogens is 244 g/mol. The second kappa shape index (κ2) is 5.09. The molecule has 2 aromatic heterocycles. The highest BCUT2D eigenvalue weighted by Crippen LogP contribution is 2.17. The molecule has 2 aromatic rings. The van der Waals surface area contributed by atoms with E-state index in [4.69, 9.17) is 5.11 Å². The minimum Gasteiger partial charge on any atom is -0.481 e. The number of nitrogens with one attached hydrogen (secondary N) is 2. The average molecular weight is 260 g/mol. The van der Waals surface area contributed by atoms with Gasteiger partial charge in [0, 0.05) is 36.4 Å². The van der Waals surface area contributed by atoms with Gasteiger partial charge in [-0.3, -0.25) is 4.79 Å². The zero-order valence-corrected chi connectivity index (χ0v) is 10.8. The van der Waals surface area contributed by atoms with E-state index in [2.05, 4.69) is 20.3 Å². The number of anilines is 1. The first-order valence-electron chi connectivity index (χ1n) is 5.92. The first kappa shape index (κ1) is 13.1. The topological polar surface area (TPSA) is 90.9 Å². The van der Waals surface area contributed by atoms with E-state index in [-0.39, 0.29) is 6.54 Å². The van der Waals surface area contributed by atoms with E-state index < -0.39 is 11.4 Å². The molecule has 0 fully saturated rings. The maximum atomic E-state index is 11.0. The number of aromatic amines is 1. The fourth-order valence-electron chi connectivity index (χ4n) is 1.44. The van der Waals surface area contributed by atoms with E-state index in [0.29, 0.717) is 5.95 Å². The Hall–Kier alpha value is -2.37. The standard InChI is InChI=1S/C13H16N4O2/c1-13(2,11(18)19)8-17-12-15-6-9(7-16-12)10-4-3-5-14-10/h3-7,14H,8H2,1-2H3,(H,18,19)(H,15,16,17). The van der Waals surface area contributed by atoms with Gasteiger partial charge in [0.05, 0.1) is 5.41 Å². The fourth-order valence-corrected chi connectivity index (χ4v) is 1.44. The third-order valence-electron chi connectivity index (χ3n) is 2.83. The van der Waals surface area contributed by atoms with Crippen molar-refractivity contribution in [3.05, 3.63) is 30.7 Å².